The van der Waals surface area contributed by atoms with E-state index in [1.807, 2.05) is 6.92 Å². The van der Waals surface area contributed by atoms with E-state index < -0.39 is 0 Å². The first-order valence-electron chi connectivity index (χ1n) is 7.19. The number of phenols is 1. The molecule has 24 heavy (non-hydrogen) atoms. The van der Waals surface area contributed by atoms with Crippen molar-refractivity contribution in [1.82, 2.24) is 5.01 Å². The van der Waals surface area contributed by atoms with Crippen LogP contribution in [0.3, 0.4) is 0 Å². The third-order valence-electron chi connectivity index (χ3n) is 3.08. The molecular formula is C17H22FN3O3. The number of hydrogen-bond donors (Lipinski definition) is 3. The highest BCUT2D eigenvalue weighted by atomic mass is 19.1. The standard InChI is InChI=1S/C15H16FNO2.C2H6N2O/c1-10-8-11(18)6-7-15(10)19-9-12-13(16)4-3-5-14(12)17-2;1-4(3)2-5/h3-8,17-18H,9H2,1-2H3;2H,3H2,1H3. The second-order valence-electron chi connectivity index (χ2n) is 5.03. The summed E-state index contributed by atoms with van der Waals surface area (Å²) in [5, 5.41) is 13.2. The van der Waals surface area contributed by atoms with Crippen molar-refractivity contribution >= 4 is 12.1 Å². The molecule has 0 aliphatic heterocycles. The van der Waals surface area contributed by atoms with E-state index in [4.69, 9.17) is 10.6 Å². The number of carbonyl (C=O) groups excluding carboxylic acids is 1. The van der Waals surface area contributed by atoms with Gasteiger partial charge in [-0.2, -0.15) is 0 Å². The number of nitrogens with two attached hydrogens (primary N) is 1. The van der Waals surface area contributed by atoms with Crippen LogP contribution in [-0.4, -0.2) is 30.6 Å². The lowest BCUT2D eigenvalue weighted by atomic mass is 10.1. The van der Waals surface area contributed by atoms with Crippen molar-refractivity contribution in [1.29, 1.82) is 0 Å². The molecule has 0 aromatic heterocycles. The molecule has 2 rings (SSSR count). The highest BCUT2D eigenvalue weighted by molar-refractivity contribution is 5.51. The Labute approximate surface area is 140 Å². The van der Waals surface area contributed by atoms with Gasteiger partial charge < -0.3 is 15.2 Å². The number of hydrogen-bond acceptors (Lipinski definition) is 5. The summed E-state index contributed by atoms with van der Waals surface area (Å²) < 4.78 is 19.4. The van der Waals surface area contributed by atoms with E-state index in [0.29, 0.717) is 23.4 Å². The number of benzene rings is 2. The minimum absolute atomic E-state index is 0.133. The second kappa shape index (κ2) is 9.36. The Morgan fingerprint density at radius 1 is 1.38 bits per heavy atom. The second-order valence-corrected chi connectivity index (χ2v) is 5.03. The van der Waals surface area contributed by atoms with Gasteiger partial charge in [0.15, 0.2) is 0 Å². The van der Waals surface area contributed by atoms with Gasteiger partial charge in [0.25, 0.3) is 0 Å². The van der Waals surface area contributed by atoms with Crippen LogP contribution in [0.2, 0.25) is 0 Å². The monoisotopic (exact) mass is 335 g/mol. The number of anilines is 1. The molecule has 0 atom stereocenters. The molecule has 7 heteroatoms. The van der Waals surface area contributed by atoms with E-state index in [9.17, 15) is 14.3 Å². The van der Waals surface area contributed by atoms with Gasteiger partial charge in [0.2, 0.25) is 6.41 Å². The molecule has 0 spiro atoms. The smallest absolute Gasteiger partial charge is 0.223 e. The summed E-state index contributed by atoms with van der Waals surface area (Å²) in [7, 11) is 3.21. The Kier molecular flexibility index (Phi) is 7.51. The van der Waals surface area contributed by atoms with Crippen LogP contribution in [0.1, 0.15) is 11.1 Å². The van der Waals surface area contributed by atoms with E-state index in [2.05, 4.69) is 5.32 Å². The van der Waals surface area contributed by atoms with Crippen molar-refractivity contribution in [2.24, 2.45) is 5.84 Å². The fourth-order valence-electron chi connectivity index (χ4n) is 1.89. The van der Waals surface area contributed by atoms with Crippen molar-refractivity contribution in [3.05, 3.63) is 53.3 Å². The number of nitrogens with one attached hydrogen (secondary N) is 1. The first-order chi connectivity index (χ1) is 11.4. The van der Waals surface area contributed by atoms with Gasteiger partial charge in [0.1, 0.15) is 23.9 Å². The number of hydrazine groups is 1. The lowest BCUT2D eigenvalue weighted by Crippen LogP contribution is -2.23. The molecule has 4 N–H and O–H groups in total. The zero-order valence-corrected chi connectivity index (χ0v) is 13.9. The molecule has 0 saturated carbocycles. The maximum Gasteiger partial charge on any atom is 0.223 e. The van der Waals surface area contributed by atoms with Crippen LogP contribution in [0, 0.1) is 12.7 Å². The number of halogens is 1. The van der Waals surface area contributed by atoms with E-state index in [0.717, 1.165) is 10.6 Å². The van der Waals surface area contributed by atoms with Crippen LogP contribution < -0.4 is 15.9 Å². The number of rotatable bonds is 5. The maximum atomic E-state index is 13.7. The van der Waals surface area contributed by atoms with E-state index in [-0.39, 0.29) is 18.2 Å². The lowest BCUT2D eigenvalue weighted by Gasteiger charge is -2.13. The third kappa shape index (κ3) is 5.77. The van der Waals surface area contributed by atoms with Crippen LogP contribution in [0.25, 0.3) is 0 Å². The average molecular weight is 335 g/mol. The highest BCUT2D eigenvalue weighted by Crippen LogP contribution is 2.25. The number of aromatic hydroxyl groups is 1. The molecule has 6 nitrogen and oxygen atoms in total. The average Bonchev–Trinajstić information content (AvgIpc) is 2.55. The van der Waals surface area contributed by atoms with Crippen LogP contribution in [0.15, 0.2) is 36.4 Å². The van der Waals surface area contributed by atoms with Gasteiger partial charge in [-0.1, -0.05) is 6.07 Å². The van der Waals surface area contributed by atoms with Crippen molar-refractivity contribution in [3.8, 4) is 11.5 Å². The summed E-state index contributed by atoms with van der Waals surface area (Å²) in [6.07, 6.45) is 0.528. The Hall–Kier alpha value is -2.80. The zero-order valence-electron chi connectivity index (χ0n) is 13.9. The molecule has 0 aliphatic carbocycles. The molecule has 0 unspecified atom stereocenters. The van der Waals surface area contributed by atoms with Crippen molar-refractivity contribution in [3.63, 3.8) is 0 Å². The molecule has 0 fully saturated rings. The van der Waals surface area contributed by atoms with Gasteiger partial charge in [0, 0.05) is 25.3 Å². The largest absolute Gasteiger partial charge is 0.508 e. The summed E-state index contributed by atoms with van der Waals surface area (Å²) in [6, 6.07) is 9.67. The molecule has 130 valence electrons. The Morgan fingerprint density at radius 3 is 2.58 bits per heavy atom. The zero-order chi connectivity index (χ0) is 18.1. The topological polar surface area (TPSA) is 87.8 Å². The van der Waals surface area contributed by atoms with Crippen LogP contribution in [0.5, 0.6) is 11.5 Å². The van der Waals surface area contributed by atoms with Crippen molar-refractivity contribution in [2.75, 3.05) is 19.4 Å². The molecule has 2 aromatic rings. The predicted molar refractivity (Wildman–Crippen MR) is 91.1 cm³/mol. The first kappa shape index (κ1) is 19.2. The fourth-order valence-corrected chi connectivity index (χ4v) is 1.89. The Morgan fingerprint density at radius 2 is 2.04 bits per heavy atom. The molecule has 0 radical (unpaired) electrons. The number of phenolic OH excluding ortho intramolecular Hbond substituents is 1. The predicted octanol–water partition coefficient (Wildman–Crippen LogP) is 2.41. The summed E-state index contributed by atoms with van der Waals surface area (Å²) in [4.78, 5) is 9.31. The Balaban J connectivity index is 0.000000505. The number of carbonyl (C=O) groups is 1. The maximum absolute atomic E-state index is 13.7. The van der Waals surface area contributed by atoms with E-state index in [1.165, 1.54) is 13.1 Å². The summed E-state index contributed by atoms with van der Waals surface area (Å²) >= 11 is 0. The first-order valence-corrected chi connectivity index (χ1v) is 7.19. The molecule has 0 bridgehead atoms. The minimum Gasteiger partial charge on any atom is -0.508 e. The Bertz CT molecular complexity index is 678. The van der Waals surface area contributed by atoms with Gasteiger partial charge in [-0.15, -0.1) is 0 Å². The van der Waals surface area contributed by atoms with Gasteiger partial charge in [0.05, 0.1) is 0 Å². The molecule has 1 amide bonds. The summed E-state index contributed by atoms with van der Waals surface area (Å²) in [5.41, 5.74) is 2.00. The molecular weight excluding hydrogens is 313 g/mol. The number of ether oxygens (including phenoxy) is 1. The molecule has 0 saturated heterocycles. The lowest BCUT2D eigenvalue weighted by molar-refractivity contribution is -0.117. The van der Waals surface area contributed by atoms with E-state index in [1.54, 1.807) is 37.4 Å². The fraction of sp³-hybridized carbons (Fsp3) is 0.235. The van der Waals surface area contributed by atoms with Gasteiger partial charge in [-0.3, -0.25) is 9.80 Å². The van der Waals surface area contributed by atoms with Gasteiger partial charge >= 0.3 is 0 Å². The highest BCUT2D eigenvalue weighted by Gasteiger charge is 2.09. The van der Waals surface area contributed by atoms with Gasteiger partial charge in [-0.25, -0.2) is 10.2 Å². The quantitative estimate of drug-likeness (QED) is 0.338. The van der Waals surface area contributed by atoms with Crippen molar-refractivity contribution in [2.45, 2.75) is 13.5 Å². The third-order valence-corrected chi connectivity index (χ3v) is 3.08. The van der Waals surface area contributed by atoms with Gasteiger partial charge in [-0.05, 0) is 42.8 Å². The minimum atomic E-state index is -0.303. The van der Waals surface area contributed by atoms with Crippen molar-refractivity contribution < 1.29 is 19.0 Å². The number of amides is 1. The SMILES string of the molecule is CN(N)C=O.CNc1cccc(F)c1COc1ccc(O)cc1C. The summed E-state index contributed by atoms with van der Waals surface area (Å²) in [6.45, 7) is 1.96. The number of nitrogens with zero attached hydrogens (tertiary/aromatic N) is 1. The van der Waals surface area contributed by atoms with Crippen LogP contribution >= 0.6 is 0 Å². The normalized spacial score (nSPS) is 9.54. The summed E-state index contributed by atoms with van der Waals surface area (Å²) in [5.74, 6) is 5.27. The van der Waals surface area contributed by atoms with Crippen LogP contribution in [-0.2, 0) is 11.4 Å². The number of aryl methyl sites for hydroxylation is 1. The molecule has 0 heterocycles. The van der Waals surface area contributed by atoms with E-state index >= 15 is 0 Å². The van der Waals surface area contributed by atoms with Crippen LogP contribution in [0.4, 0.5) is 10.1 Å². The molecule has 0 aliphatic rings. The molecule has 2 aromatic carbocycles.